The van der Waals surface area contributed by atoms with Gasteiger partial charge in [-0.15, -0.1) is 0 Å². The van der Waals surface area contributed by atoms with E-state index in [0.29, 0.717) is 32.0 Å². The standard InChI is InChI=1S/C72H98N2O7/c1-4-7-10-13-16-19-22-25-28-31-48-78-67-52-60(53-68(79-49-32-29-26-23-20-17-14-11-8-5-2)69(67)80-50-33-30-27-24-21-18-15-12-9-6-3)56-81-65-47-46-63-54-62(44-45-64(63)55-65)61-42-40-58(41-43-61)35-34-57-36-38-59(39-37-57)51-66-70(75)73-72(77)74-71(66)76/h34-47,51-55H,4-33,48-50,56H2,1-3H3,(H2,73,74,75,76,77)/b35-34+. The molecule has 6 rings (SSSR count). The molecule has 0 unspecified atom stereocenters. The van der Waals surface area contributed by atoms with Gasteiger partial charge >= 0.3 is 6.03 Å². The molecule has 0 spiro atoms. The molecule has 4 amide bonds. The third-order valence-electron chi connectivity index (χ3n) is 15.5. The third kappa shape index (κ3) is 24.3. The van der Waals surface area contributed by atoms with E-state index in [1.54, 1.807) is 0 Å². The van der Waals surface area contributed by atoms with Crippen molar-refractivity contribution >= 4 is 46.8 Å². The number of imide groups is 2. The molecular weight excluding hydrogens is 1000 g/mol. The summed E-state index contributed by atoms with van der Waals surface area (Å²) in [7, 11) is 0. The number of unbranched alkanes of at least 4 members (excludes halogenated alkanes) is 27. The van der Waals surface area contributed by atoms with E-state index in [1.807, 2.05) is 30.3 Å². The second-order valence-corrected chi connectivity index (χ2v) is 22.4. The number of nitrogens with one attached hydrogen (secondary N) is 2. The molecule has 1 saturated heterocycles. The third-order valence-corrected chi connectivity index (χ3v) is 15.5. The van der Waals surface area contributed by atoms with E-state index in [4.69, 9.17) is 18.9 Å². The molecule has 1 aliphatic heterocycles. The maximum absolute atomic E-state index is 12.1. The quantitative estimate of drug-likeness (QED) is 0.0173. The van der Waals surface area contributed by atoms with Crippen LogP contribution in [0.25, 0.3) is 40.1 Å². The molecule has 438 valence electrons. The molecule has 0 aromatic heterocycles. The predicted octanol–water partition coefficient (Wildman–Crippen LogP) is 19.9. The Hall–Kier alpha value is -6.35. The zero-order valence-electron chi connectivity index (χ0n) is 49.9. The first kappa shape index (κ1) is 63.8. The summed E-state index contributed by atoms with van der Waals surface area (Å²) in [6, 6.07) is 32.3. The Kier molecular flexibility index (Phi) is 30.2. The van der Waals surface area contributed by atoms with Crippen molar-refractivity contribution in [3.63, 3.8) is 0 Å². The van der Waals surface area contributed by atoms with Crippen molar-refractivity contribution in [3.8, 4) is 34.1 Å². The fourth-order valence-corrected chi connectivity index (χ4v) is 10.5. The van der Waals surface area contributed by atoms with Gasteiger partial charge in [-0.1, -0.05) is 273 Å². The summed E-state index contributed by atoms with van der Waals surface area (Å²) >= 11 is 0. The van der Waals surface area contributed by atoms with Crippen molar-refractivity contribution < 1.29 is 33.3 Å². The van der Waals surface area contributed by atoms with Crippen molar-refractivity contribution in [2.45, 2.75) is 220 Å². The zero-order chi connectivity index (χ0) is 57.0. The summed E-state index contributed by atoms with van der Waals surface area (Å²) in [5.74, 6) is 1.65. The van der Waals surface area contributed by atoms with Crippen LogP contribution in [0.4, 0.5) is 4.79 Å². The number of hydrogen-bond acceptors (Lipinski definition) is 7. The number of hydrogen-bond donors (Lipinski definition) is 2. The smallest absolute Gasteiger partial charge is 0.328 e. The van der Waals surface area contributed by atoms with Gasteiger partial charge in [0.1, 0.15) is 17.9 Å². The maximum atomic E-state index is 12.1. The molecule has 5 aromatic carbocycles. The lowest BCUT2D eigenvalue weighted by Crippen LogP contribution is -2.51. The van der Waals surface area contributed by atoms with Crippen molar-refractivity contribution in [3.05, 3.63) is 125 Å². The number of amides is 4. The van der Waals surface area contributed by atoms with E-state index in [9.17, 15) is 14.4 Å². The Balaban J connectivity index is 1.08. The Labute approximate surface area is 487 Å². The second kappa shape index (κ2) is 38.4. The zero-order valence-corrected chi connectivity index (χ0v) is 49.9. The number of carbonyl (C=O) groups excluding carboxylic acids is 3. The number of barbiturate groups is 1. The van der Waals surface area contributed by atoms with Crippen LogP contribution in [0.5, 0.6) is 23.0 Å². The molecule has 9 nitrogen and oxygen atoms in total. The van der Waals surface area contributed by atoms with Crippen LogP contribution in [0.15, 0.2) is 103 Å². The molecule has 1 fully saturated rings. The molecular formula is C72H98N2O7. The van der Waals surface area contributed by atoms with E-state index >= 15 is 0 Å². The van der Waals surface area contributed by atoms with Crippen LogP contribution in [0.1, 0.15) is 236 Å². The molecule has 1 aliphatic rings. The number of fused-ring (bicyclic) bond motifs is 1. The Morgan fingerprint density at radius 3 is 1.22 bits per heavy atom. The number of carbonyl (C=O) groups is 3. The fraction of sp³-hybridized carbons (Fsp3) is 0.514. The summed E-state index contributed by atoms with van der Waals surface area (Å²) < 4.78 is 26.6. The largest absolute Gasteiger partial charge is 0.490 e. The van der Waals surface area contributed by atoms with Gasteiger partial charge < -0.3 is 18.9 Å². The first-order valence-corrected chi connectivity index (χ1v) is 31.8. The molecule has 1 heterocycles. The summed E-state index contributed by atoms with van der Waals surface area (Å²) in [6.07, 6.45) is 44.0. The predicted molar refractivity (Wildman–Crippen MR) is 337 cm³/mol. The van der Waals surface area contributed by atoms with E-state index in [1.165, 1.54) is 179 Å². The van der Waals surface area contributed by atoms with Gasteiger partial charge in [0.15, 0.2) is 11.5 Å². The summed E-state index contributed by atoms with van der Waals surface area (Å²) in [6.45, 7) is 9.18. The van der Waals surface area contributed by atoms with Gasteiger partial charge in [-0.3, -0.25) is 20.2 Å². The van der Waals surface area contributed by atoms with Crippen molar-refractivity contribution in [2.24, 2.45) is 0 Å². The van der Waals surface area contributed by atoms with E-state index in [-0.39, 0.29) is 5.57 Å². The Bertz CT molecular complexity index is 2600. The molecule has 0 radical (unpaired) electrons. The molecule has 9 heteroatoms. The molecule has 0 bridgehead atoms. The summed E-state index contributed by atoms with van der Waals surface area (Å²) in [4.78, 5) is 35.6. The number of ether oxygens (including phenoxy) is 4. The minimum atomic E-state index is -0.814. The van der Waals surface area contributed by atoms with Crippen LogP contribution in [0.3, 0.4) is 0 Å². The number of urea groups is 1. The normalized spacial score (nSPS) is 12.5. The highest BCUT2D eigenvalue weighted by atomic mass is 16.5. The molecule has 81 heavy (non-hydrogen) atoms. The topological polar surface area (TPSA) is 112 Å². The van der Waals surface area contributed by atoms with Gasteiger partial charge in [0.25, 0.3) is 11.8 Å². The first-order valence-electron chi connectivity index (χ1n) is 31.8. The van der Waals surface area contributed by atoms with Crippen LogP contribution >= 0.6 is 0 Å². The lowest BCUT2D eigenvalue weighted by atomic mass is 10.00. The van der Waals surface area contributed by atoms with Crippen LogP contribution in [-0.2, 0) is 16.2 Å². The lowest BCUT2D eigenvalue weighted by Gasteiger charge is -2.19. The maximum Gasteiger partial charge on any atom is 0.328 e. The minimum absolute atomic E-state index is 0.111. The average molecular weight is 1100 g/mol. The van der Waals surface area contributed by atoms with Gasteiger partial charge in [-0.25, -0.2) is 4.79 Å². The first-order chi connectivity index (χ1) is 39.8. The molecule has 0 saturated carbocycles. The van der Waals surface area contributed by atoms with Gasteiger partial charge in [0.2, 0.25) is 5.75 Å². The van der Waals surface area contributed by atoms with Gasteiger partial charge in [0.05, 0.1) is 19.8 Å². The lowest BCUT2D eigenvalue weighted by molar-refractivity contribution is -0.123. The van der Waals surface area contributed by atoms with Crippen molar-refractivity contribution in [1.29, 1.82) is 0 Å². The molecule has 2 N–H and O–H groups in total. The molecule has 0 atom stereocenters. The molecule has 0 aliphatic carbocycles. The van der Waals surface area contributed by atoms with E-state index in [0.717, 1.165) is 80.9 Å². The number of benzene rings is 5. The van der Waals surface area contributed by atoms with Crippen LogP contribution < -0.4 is 29.6 Å². The summed E-state index contributed by atoms with van der Waals surface area (Å²) in [5, 5.41) is 6.44. The Morgan fingerprint density at radius 2 is 0.753 bits per heavy atom. The van der Waals surface area contributed by atoms with Crippen LogP contribution in [0.2, 0.25) is 0 Å². The van der Waals surface area contributed by atoms with Crippen LogP contribution in [0, 0.1) is 0 Å². The van der Waals surface area contributed by atoms with E-state index in [2.05, 4.69) is 110 Å². The van der Waals surface area contributed by atoms with Crippen molar-refractivity contribution in [1.82, 2.24) is 10.6 Å². The van der Waals surface area contributed by atoms with Gasteiger partial charge in [-0.2, -0.15) is 0 Å². The van der Waals surface area contributed by atoms with E-state index < -0.39 is 17.8 Å². The second-order valence-electron chi connectivity index (χ2n) is 22.4. The average Bonchev–Trinajstić information content (AvgIpc) is 3.48. The van der Waals surface area contributed by atoms with Gasteiger partial charge in [0, 0.05) is 0 Å². The summed E-state index contributed by atoms with van der Waals surface area (Å²) in [5.41, 5.74) is 5.84. The highest BCUT2D eigenvalue weighted by molar-refractivity contribution is 6.31. The van der Waals surface area contributed by atoms with Crippen LogP contribution in [-0.4, -0.2) is 37.7 Å². The fourth-order valence-electron chi connectivity index (χ4n) is 10.5. The highest BCUT2D eigenvalue weighted by Gasteiger charge is 2.27. The number of rotatable bonds is 43. The monoisotopic (exact) mass is 1100 g/mol. The molecule has 5 aromatic rings. The highest BCUT2D eigenvalue weighted by Crippen LogP contribution is 2.40. The van der Waals surface area contributed by atoms with Crippen molar-refractivity contribution in [2.75, 3.05) is 19.8 Å². The SMILES string of the molecule is CCCCCCCCCCCCOc1cc(COc2ccc3cc(-c4ccc(/C=C/c5ccc(C=C6C(=O)NC(=O)NC6=O)cc5)cc4)ccc3c2)cc(OCCCCCCCCCCCC)c1OCCCCCCCCCCCC. The van der Waals surface area contributed by atoms with Gasteiger partial charge in [-0.05, 0) is 99.8 Å². The Morgan fingerprint density at radius 1 is 0.370 bits per heavy atom. The minimum Gasteiger partial charge on any atom is -0.490 e.